The summed E-state index contributed by atoms with van der Waals surface area (Å²) in [6.45, 7) is 0.112. The molecule has 1 N–H and O–H groups in total. The van der Waals surface area contributed by atoms with Crippen LogP contribution in [-0.4, -0.2) is 17.6 Å². The molecule has 0 spiro atoms. The maximum atomic E-state index is 14.0. The first kappa shape index (κ1) is 16.7. The molecular formula is C19H13FN2O2S. The van der Waals surface area contributed by atoms with Gasteiger partial charge in [-0.25, -0.2) is 9.29 Å². The van der Waals surface area contributed by atoms with Crippen LogP contribution in [0.2, 0.25) is 0 Å². The lowest BCUT2D eigenvalue weighted by Crippen LogP contribution is -2.31. The summed E-state index contributed by atoms with van der Waals surface area (Å²) >= 11 is 5.18. The van der Waals surface area contributed by atoms with E-state index in [1.54, 1.807) is 36.4 Å². The van der Waals surface area contributed by atoms with Crippen LogP contribution in [0, 0.1) is 18.2 Å². The van der Waals surface area contributed by atoms with Gasteiger partial charge in [-0.3, -0.25) is 4.79 Å². The predicted octanol–water partition coefficient (Wildman–Crippen LogP) is 3.10. The summed E-state index contributed by atoms with van der Waals surface area (Å²) in [4.78, 5) is 13.8. The molecular weight excluding hydrogens is 339 g/mol. The third kappa shape index (κ3) is 3.37. The molecule has 2 aromatic carbocycles. The van der Waals surface area contributed by atoms with E-state index in [9.17, 15) is 9.18 Å². The summed E-state index contributed by atoms with van der Waals surface area (Å²) < 4.78 is 19.5. The Labute approximate surface area is 149 Å². The molecule has 1 aliphatic heterocycles. The van der Waals surface area contributed by atoms with E-state index in [2.05, 4.69) is 11.2 Å². The monoisotopic (exact) mass is 352 g/mol. The first-order valence-corrected chi connectivity index (χ1v) is 7.79. The minimum absolute atomic E-state index is 0.102. The van der Waals surface area contributed by atoms with Crippen LogP contribution in [0.15, 0.2) is 54.2 Å². The van der Waals surface area contributed by atoms with Crippen molar-refractivity contribution in [3.05, 3.63) is 65.6 Å². The molecule has 3 rings (SSSR count). The maximum Gasteiger partial charge on any atom is 0.281 e. The summed E-state index contributed by atoms with van der Waals surface area (Å²) in [7, 11) is 0. The number of amides is 1. The van der Waals surface area contributed by atoms with Gasteiger partial charge in [0.2, 0.25) is 0 Å². The van der Waals surface area contributed by atoms with Gasteiger partial charge < -0.3 is 10.1 Å². The van der Waals surface area contributed by atoms with Crippen LogP contribution in [-0.2, 0) is 4.79 Å². The van der Waals surface area contributed by atoms with Crippen molar-refractivity contribution in [2.24, 2.45) is 0 Å². The minimum Gasteiger partial charge on any atom is -0.480 e. The third-order valence-electron chi connectivity index (χ3n) is 3.50. The van der Waals surface area contributed by atoms with Crippen molar-refractivity contribution >= 4 is 35.0 Å². The summed E-state index contributed by atoms with van der Waals surface area (Å²) in [5, 5.41) is 2.93. The maximum absolute atomic E-state index is 14.0. The van der Waals surface area contributed by atoms with Gasteiger partial charge in [-0.15, -0.1) is 6.42 Å². The number of nitrogens with zero attached hydrogens (tertiary/aromatic N) is 1. The molecule has 6 heteroatoms. The SMILES string of the molecule is C#CCOc1ccccc1/C=C1/NC(=S)N(c2ccccc2F)C1=O. The number of thiocarbonyl (C=S) groups is 1. The normalized spacial score (nSPS) is 15.2. The number of hydrogen-bond acceptors (Lipinski definition) is 3. The zero-order valence-electron chi connectivity index (χ0n) is 13.0. The standard InChI is InChI=1S/C19H13FN2O2S/c1-2-11-24-17-10-6-3-7-13(17)12-15-18(23)22(19(25)21-15)16-9-5-4-8-14(16)20/h1,3-10,12H,11H2,(H,21,25)/b15-12+. The second-order valence-corrected chi connectivity index (χ2v) is 5.50. The van der Waals surface area contributed by atoms with Crippen LogP contribution < -0.4 is 15.0 Å². The molecule has 0 radical (unpaired) electrons. The molecule has 4 nitrogen and oxygen atoms in total. The molecule has 0 unspecified atom stereocenters. The van der Waals surface area contributed by atoms with Gasteiger partial charge in [0.15, 0.2) is 5.11 Å². The van der Waals surface area contributed by atoms with E-state index in [1.807, 2.05) is 6.07 Å². The average Bonchev–Trinajstić information content (AvgIpc) is 2.88. The van der Waals surface area contributed by atoms with Gasteiger partial charge in [-0.05, 0) is 36.5 Å². The molecule has 1 heterocycles. The van der Waals surface area contributed by atoms with Gasteiger partial charge in [-0.1, -0.05) is 36.3 Å². The lowest BCUT2D eigenvalue weighted by molar-refractivity contribution is -0.113. The number of benzene rings is 2. The van der Waals surface area contributed by atoms with Crippen molar-refractivity contribution in [2.45, 2.75) is 0 Å². The van der Waals surface area contributed by atoms with E-state index in [1.165, 1.54) is 12.1 Å². The van der Waals surface area contributed by atoms with Gasteiger partial charge >= 0.3 is 0 Å². The topological polar surface area (TPSA) is 41.6 Å². The van der Waals surface area contributed by atoms with Crippen LogP contribution in [0.5, 0.6) is 5.75 Å². The highest BCUT2D eigenvalue weighted by atomic mass is 32.1. The number of rotatable bonds is 4. The van der Waals surface area contributed by atoms with Gasteiger partial charge in [0, 0.05) is 5.56 Å². The van der Waals surface area contributed by atoms with Crippen molar-refractivity contribution in [1.29, 1.82) is 0 Å². The molecule has 0 saturated carbocycles. The Balaban J connectivity index is 1.94. The molecule has 124 valence electrons. The van der Waals surface area contributed by atoms with Gasteiger partial charge in [0.1, 0.15) is 23.9 Å². The van der Waals surface area contributed by atoms with E-state index in [0.717, 1.165) is 4.90 Å². The van der Waals surface area contributed by atoms with Gasteiger partial charge in [-0.2, -0.15) is 0 Å². The molecule has 1 amide bonds. The summed E-state index contributed by atoms with van der Waals surface area (Å²) in [6.07, 6.45) is 6.81. The number of nitrogens with one attached hydrogen (secondary N) is 1. The fourth-order valence-electron chi connectivity index (χ4n) is 2.39. The van der Waals surface area contributed by atoms with Crippen LogP contribution >= 0.6 is 12.2 Å². The van der Waals surface area contributed by atoms with E-state index in [0.29, 0.717) is 11.3 Å². The second kappa shape index (κ2) is 7.16. The molecule has 1 aliphatic rings. The Hall–Kier alpha value is -3.17. The van der Waals surface area contributed by atoms with Crippen molar-refractivity contribution < 1.29 is 13.9 Å². The van der Waals surface area contributed by atoms with Crippen LogP contribution in [0.1, 0.15) is 5.56 Å². The van der Waals surface area contributed by atoms with Crippen LogP contribution in [0.4, 0.5) is 10.1 Å². The first-order chi connectivity index (χ1) is 12.1. The minimum atomic E-state index is -0.529. The zero-order chi connectivity index (χ0) is 17.8. The lowest BCUT2D eigenvalue weighted by atomic mass is 10.1. The molecule has 0 atom stereocenters. The quantitative estimate of drug-likeness (QED) is 0.522. The molecule has 0 aromatic heterocycles. The van der Waals surface area contributed by atoms with Crippen molar-refractivity contribution in [3.8, 4) is 18.1 Å². The number of halogens is 1. The Morgan fingerprint density at radius 2 is 1.96 bits per heavy atom. The molecule has 25 heavy (non-hydrogen) atoms. The number of carbonyl (C=O) groups excluding carboxylic acids is 1. The Kier molecular flexibility index (Phi) is 4.78. The largest absolute Gasteiger partial charge is 0.480 e. The van der Waals surface area contributed by atoms with E-state index >= 15 is 0 Å². The molecule has 2 aromatic rings. The number of carbonyl (C=O) groups is 1. The Bertz CT molecular complexity index is 918. The predicted molar refractivity (Wildman–Crippen MR) is 98.4 cm³/mol. The highest BCUT2D eigenvalue weighted by molar-refractivity contribution is 7.80. The smallest absolute Gasteiger partial charge is 0.281 e. The van der Waals surface area contributed by atoms with Crippen molar-refractivity contribution in [1.82, 2.24) is 5.32 Å². The van der Waals surface area contributed by atoms with Gasteiger partial charge in [0.05, 0.1) is 5.69 Å². The number of terminal acetylenes is 1. The fourth-order valence-corrected chi connectivity index (χ4v) is 2.68. The highest BCUT2D eigenvalue weighted by Crippen LogP contribution is 2.27. The molecule has 1 fully saturated rings. The van der Waals surface area contributed by atoms with Gasteiger partial charge in [0.25, 0.3) is 5.91 Å². The summed E-state index contributed by atoms with van der Waals surface area (Å²) in [5.41, 5.74) is 0.988. The van der Waals surface area contributed by atoms with E-state index < -0.39 is 11.7 Å². The molecule has 0 bridgehead atoms. The summed E-state index contributed by atoms with van der Waals surface area (Å²) in [5.74, 6) is 1.96. The fraction of sp³-hybridized carbons (Fsp3) is 0.0526. The van der Waals surface area contributed by atoms with Crippen LogP contribution in [0.3, 0.4) is 0 Å². The Morgan fingerprint density at radius 3 is 2.72 bits per heavy atom. The van der Waals surface area contributed by atoms with Crippen molar-refractivity contribution in [3.63, 3.8) is 0 Å². The van der Waals surface area contributed by atoms with E-state index in [-0.39, 0.29) is 23.1 Å². The lowest BCUT2D eigenvalue weighted by Gasteiger charge is -2.14. The number of anilines is 1. The van der Waals surface area contributed by atoms with E-state index in [4.69, 9.17) is 23.4 Å². The Morgan fingerprint density at radius 1 is 1.24 bits per heavy atom. The average molecular weight is 352 g/mol. The number of ether oxygens (including phenoxy) is 1. The third-order valence-corrected chi connectivity index (χ3v) is 3.79. The molecule has 1 saturated heterocycles. The number of hydrogen-bond donors (Lipinski definition) is 1. The number of para-hydroxylation sites is 2. The zero-order valence-corrected chi connectivity index (χ0v) is 13.8. The first-order valence-electron chi connectivity index (χ1n) is 7.39. The van der Waals surface area contributed by atoms with Crippen LogP contribution in [0.25, 0.3) is 6.08 Å². The molecule has 0 aliphatic carbocycles. The second-order valence-electron chi connectivity index (χ2n) is 5.11. The highest BCUT2D eigenvalue weighted by Gasteiger charge is 2.33. The van der Waals surface area contributed by atoms with Crippen molar-refractivity contribution in [2.75, 3.05) is 11.5 Å². The summed E-state index contributed by atoms with van der Waals surface area (Å²) in [6, 6.07) is 13.1.